The lowest BCUT2D eigenvalue weighted by atomic mass is 9.90. The Bertz CT molecular complexity index is 1080. The van der Waals surface area contributed by atoms with Gasteiger partial charge in [-0.25, -0.2) is 0 Å². The Morgan fingerprint density at radius 3 is 1.82 bits per heavy atom. The minimum atomic E-state index is -0.432. The molecule has 0 bridgehead atoms. The fourth-order valence-electron chi connectivity index (χ4n) is 4.12. The summed E-state index contributed by atoms with van der Waals surface area (Å²) in [4.78, 5) is 41.3. The molecule has 0 unspecified atom stereocenters. The second-order valence-electron chi connectivity index (χ2n) is 7.99. The van der Waals surface area contributed by atoms with Crippen LogP contribution in [0.15, 0.2) is 84.9 Å². The number of ether oxygens (including phenoxy) is 1. The van der Waals surface area contributed by atoms with Gasteiger partial charge in [0.05, 0.1) is 5.92 Å². The lowest BCUT2D eigenvalue weighted by Crippen LogP contribution is -2.51. The zero-order valence-corrected chi connectivity index (χ0v) is 18.5. The average Bonchev–Trinajstić information content (AvgIpc) is 2.85. The number of rotatable bonds is 5. The Morgan fingerprint density at radius 2 is 1.27 bits per heavy atom. The number of piperazine rings is 1. The van der Waals surface area contributed by atoms with E-state index in [4.69, 9.17) is 4.74 Å². The number of carbonyl (C=O) groups excluding carboxylic acids is 3. The average molecular weight is 443 g/mol. The highest BCUT2D eigenvalue weighted by Crippen LogP contribution is 2.27. The highest BCUT2D eigenvalue weighted by Gasteiger charge is 2.31. The standard InChI is InChI=1S/C27H26N2O4/c1-20(30)33-24-14-8-13-23(19-24)26(31)28-15-17-29(18-16-28)27(32)25(21-9-4-2-5-10-21)22-11-6-3-7-12-22/h2-14,19,25H,15-18H2,1H3. The third kappa shape index (κ3) is 5.29. The Balaban J connectivity index is 1.46. The maximum absolute atomic E-state index is 13.6. The predicted molar refractivity (Wildman–Crippen MR) is 125 cm³/mol. The van der Waals surface area contributed by atoms with Crippen LogP contribution in [0.4, 0.5) is 0 Å². The molecule has 0 atom stereocenters. The second-order valence-corrected chi connectivity index (χ2v) is 7.99. The van der Waals surface area contributed by atoms with Crippen LogP contribution in [0.5, 0.6) is 5.75 Å². The monoisotopic (exact) mass is 442 g/mol. The van der Waals surface area contributed by atoms with E-state index < -0.39 is 5.97 Å². The molecule has 0 aliphatic carbocycles. The first-order valence-electron chi connectivity index (χ1n) is 11.0. The van der Waals surface area contributed by atoms with Crippen molar-refractivity contribution in [2.45, 2.75) is 12.8 Å². The molecule has 0 N–H and O–H groups in total. The number of benzene rings is 3. The SMILES string of the molecule is CC(=O)Oc1cccc(C(=O)N2CCN(C(=O)C(c3ccccc3)c3ccccc3)CC2)c1. The third-order valence-electron chi connectivity index (χ3n) is 5.73. The van der Waals surface area contributed by atoms with Crippen LogP contribution in [0.3, 0.4) is 0 Å². The molecule has 168 valence electrons. The number of amides is 2. The molecule has 2 amide bonds. The molecule has 6 heteroatoms. The molecule has 1 aliphatic heterocycles. The zero-order valence-electron chi connectivity index (χ0n) is 18.5. The van der Waals surface area contributed by atoms with Gasteiger partial charge in [-0.2, -0.15) is 0 Å². The van der Waals surface area contributed by atoms with E-state index in [0.29, 0.717) is 37.5 Å². The van der Waals surface area contributed by atoms with E-state index in [9.17, 15) is 14.4 Å². The van der Waals surface area contributed by atoms with Crippen LogP contribution < -0.4 is 4.74 Å². The molecule has 3 aromatic rings. The highest BCUT2D eigenvalue weighted by atomic mass is 16.5. The van der Waals surface area contributed by atoms with Gasteiger partial charge < -0.3 is 14.5 Å². The smallest absolute Gasteiger partial charge is 0.308 e. The van der Waals surface area contributed by atoms with Crippen molar-refractivity contribution in [1.29, 1.82) is 0 Å². The number of hydrogen-bond acceptors (Lipinski definition) is 4. The fraction of sp³-hybridized carbons (Fsp3) is 0.222. The van der Waals surface area contributed by atoms with Crippen LogP contribution >= 0.6 is 0 Å². The Labute approximate surface area is 193 Å². The molecule has 1 saturated heterocycles. The first-order chi connectivity index (χ1) is 16.0. The summed E-state index contributed by atoms with van der Waals surface area (Å²) in [5.41, 5.74) is 2.36. The van der Waals surface area contributed by atoms with E-state index in [2.05, 4.69) is 0 Å². The molecule has 0 saturated carbocycles. The molecule has 1 heterocycles. The highest BCUT2D eigenvalue weighted by molar-refractivity contribution is 5.95. The van der Waals surface area contributed by atoms with Crippen LogP contribution in [0.2, 0.25) is 0 Å². The summed E-state index contributed by atoms with van der Waals surface area (Å²) in [6.45, 7) is 3.13. The number of esters is 1. The normalized spacial score (nSPS) is 13.6. The molecule has 33 heavy (non-hydrogen) atoms. The summed E-state index contributed by atoms with van der Waals surface area (Å²) in [6, 6.07) is 26.2. The minimum Gasteiger partial charge on any atom is -0.427 e. The van der Waals surface area contributed by atoms with Crippen molar-refractivity contribution in [2.24, 2.45) is 0 Å². The molecule has 1 aliphatic rings. The van der Waals surface area contributed by atoms with E-state index in [1.54, 1.807) is 29.2 Å². The van der Waals surface area contributed by atoms with Gasteiger partial charge in [-0.15, -0.1) is 0 Å². The fourth-order valence-corrected chi connectivity index (χ4v) is 4.12. The Hall–Kier alpha value is -3.93. The van der Waals surface area contributed by atoms with Crippen LogP contribution in [-0.4, -0.2) is 53.8 Å². The second kappa shape index (κ2) is 10.1. The Kier molecular flexibility index (Phi) is 6.83. The molecule has 1 fully saturated rings. The summed E-state index contributed by atoms with van der Waals surface area (Å²) < 4.78 is 5.09. The van der Waals surface area contributed by atoms with Crippen LogP contribution in [-0.2, 0) is 9.59 Å². The Morgan fingerprint density at radius 1 is 0.727 bits per heavy atom. The largest absolute Gasteiger partial charge is 0.427 e. The van der Waals surface area contributed by atoms with Gasteiger partial charge >= 0.3 is 5.97 Å². The van der Waals surface area contributed by atoms with E-state index >= 15 is 0 Å². The van der Waals surface area contributed by atoms with E-state index in [0.717, 1.165) is 11.1 Å². The van der Waals surface area contributed by atoms with Crippen LogP contribution in [0.1, 0.15) is 34.3 Å². The van der Waals surface area contributed by atoms with Gasteiger partial charge in [0, 0.05) is 38.7 Å². The van der Waals surface area contributed by atoms with Crippen molar-refractivity contribution in [3.8, 4) is 5.75 Å². The van der Waals surface area contributed by atoms with Crippen LogP contribution in [0.25, 0.3) is 0 Å². The topological polar surface area (TPSA) is 66.9 Å². The van der Waals surface area contributed by atoms with Crippen molar-refractivity contribution in [3.05, 3.63) is 102 Å². The summed E-state index contributed by atoms with van der Waals surface area (Å²) in [5, 5.41) is 0. The van der Waals surface area contributed by atoms with Gasteiger partial charge in [0.2, 0.25) is 5.91 Å². The van der Waals surface area contributed by atoms with Gasteiger partial charge in [0.1, 0.15) is 5.75 Å². The lowest BCUT2D eigenvalue weighted by molar-refractivity contribution is -0.133. The van der Waals surface area contributed by atoms with E-state index in [1.165, 1.54) is 6.92 Å². The van der Waals surface area contributed by atoms with Crippen molar-refractivity contribution in [3.63, 3.8) is 0 Å². The van der Waals surface area contributed by atoms with Gasteiger partial charge in [0.15, 0.2) is 0 Å². The van der Waals surface area contributed by atoms with Crippen molar-refractivity contribution >= 4 is 17.8 Å². The van der Waals surface area contributed by atoms with Crippen LogP contribution in [0, 0.1) is 0 Å². The van der Waals surface area contributed by atoms with Crippen molar-refractivity contribution in [2.75, 3.05) is 26.2 Å². The van der Waals surface area contributed by atoms with Gasteiger partial charge in [-0.3, -0.25) is 14.4 Å². The molecule has 0 spiro atoms. The van der Waals surface area contributed by atoms with Gasteiger partial charge in [-0.1, -0.05) is 66.7 Å². The zero-order chi connectivity index (χ0) is 23.2. The predicted octanol–water partition coefficient (Wildman–Crippen LogP) is 3.73. The van der Waals surface area contributed by atoms with Crippen molar-refractivity contribution < 1.29 is 19.1 Å². The maximum Gasteiger partial charge on any atom is 0.308 e. The number of hydrogen-bond donors (Lipinski definition) is 0. The van der Waals surface area contributed by atoms with Crippen molar-refractivity contribution in [1.82, 2.24) is 9.80 Å². The minimum absolute atomic E-state index is 0.0383. The summed E-state index contributed by atoms with van der Waals surface area (Å²) in [5.74, 6) is -0.570. The summed E-state index contributed by atoms with van der Waals surface area (Å²) in [7, 11) is 0. The molecular formula is C27H26N2O4. The molecular weight excluding hydrogens is 416 g/mol. The van der Waals surface area contributed by atoms with E-state index in [1.807, 2.05) is 65.6 Å². The first kappa shape index (κ1) is 22.3. The lowest BCUT2D eigenvalue weighted by Gasteiger charge is -2.36. The van der Waals surface area contributed by atoms with Gasteiger partial charge in [0.25, 0.3) is 5.91 Å². The van der Waals surface area contributed by atoms with E-state index in [-0.39, 0.29) is 17.7 Å². The number of nitrogens with zero attached hydrogens (tertiary/aromatic N) is 2. The number of carbonyl (C=O) groups is 3. The molecule has 0 radical (unpaired) electrons. The quantitative estimate of drug-likeness (QED) is 0.446. The maximum atomic E-state index is 13.6. The van der Waals surface area contributed by atoms with Gasteiger partial charge in [-0.05, 0) is 29.3 Å². The third-order valence-corrected chi connectivity index (χ3v) is 5.73. The summed E-state index contributed by atoms with van der Waals surface area (Å²) >= 11 is 0. The first-order valence-corrected chi connectivity index (χ1v) is 11.0. The molecule has 6 nitrogen and oxygen atoms in total. The molecule has 4 rings (SSSR count). The molecule has 3 aromatic carbocycles. The summed E-state index contributed by atoms with van der Waals surface area (Å²) in [6.07, 6.45) is 0. The molecule has 0 aromatic heterocycles.